The van der Waals surface area contributed by atoms with Crippen LogP contribution in [-0.2, 0) is 4.79 Å². The molecule has 1 unspecified atom stereocenters. The van der Waals surface area contributed by atoms with E-state index >= 15 is 0 Å². The van der Waals surface area contributed by atoms with E-state index in [1.165, 1.54) is 6.92 Å². The van der Waals surface area contributed by atoms with E-state index in [2.05, 4.69) is 0 Å². The van der Waals surface area contributed by atoms with Crippen LogP contribution in [0.2, 0.25) is 0 Å². The standard InChI is InChI=1S/C6H8ClNOS/c1-5(9)6(2-3-7)10-4-8/h6H,2-3H2,1H3. The van der Waals surface area contributed by atoms with Crippen molar-refractivity contribution in [1.82, 2.24) is 0 Å². The second kappa shape index (κ2) is 5.57. The summed E-state index contributed by atoms with van der Waals surface area (Å²) in [6.45, 7) is 1.47. The molecule has 0 spiro atoms. The van der Waals surface area contributed by atoms with Crippen LogP contribution in [0.25, 0.3) is 0 Å². The van der Waals surface area contributed by atoms with Gasteiger partial charge < -0.3 is 0 Å². The van der Waals surface area contributed by atoms with Crippen LogP contribution in [0, 0.1) is 10.7 Å². The van der Waals surface area contributed by atoms with E-state index < -0.39 is 0 Å². The van der Waals surface area contributed by atoms with Crippen molar-refractivity contribution in [3.05, 3.63) is 0 Å². The number of nitriles is 1. The topological polar surface area (TPSA) is 40.9 Å². The number of alkyl halides is 1. The van der Waals surface area contributed by atoms with E-state index in [9.17, 15) is 4.79 Å². The SMILES string of the molecule is CC(=O)C(CCCl)SC#N. The van der Waals surface area contributed by atoms with Gasteiger partial charge in [0.15, 0.2) is 0 Å². The Morgan fingerprint density at radius 2 is 2.50 bits per heavy atom. The van der Waals surface area contributed by atoms with Crippen LogP contribution in [-0.4, -0.2) is 16.9 Å². The summed E-state index contributed by atoms with van der Waals surface area (Å²) in [5.41, 5.74) is 0. The lowest BCUT2D eigenvalue weighted by Crippen LogP contribution is -2.12. The fraction of sp³-hybridized carbons (Fsp3) is 0.667. The third-order valence-corrected chi connectivity index (χ3v) is 2.20. The molecule has 0 saturated carbocycles. The van der Waals surface area contributed by atoms with Crippen molar-refractivity contribution in [2.24, 2.45) is 0 Å². The molecule has 1 atom stereocenters. The molecular formula is C6H8ClNOS. The number of hydrogen-bond donors (Lipinski definition) is 0. The summed E-state index contributed by atoms with van der Waals surface area (Å²) < 4.78 is 0. The van der Waals surface area contributed by atoms with Gasteiger partial charge in [-0.15, -0.1) is 11.6 Å². The first-order valence-corrected chi connectivity index (χ1v) is 4.25. The Labute approximate surface area is 69.5 Å². The summed E-state index contributed by atoms with van der Waals surface area (Å²) in [7, 11) is 0. The molecule has 0 aliphatic carbocycles. The summed E-state index contributed by atoms with van der Waals surface area (Å²) in [6, 6.07) is 0. The zero-order valence-corrected chi connectivity index (χ0v) is 7.21. The van der Waals surface area contributed by atoms with E-state index in [0.29, 0.717) is 12.3 Å². The quantitative estimate of drug-likeness (QED) is 0.486. The molecule has 0 aromatic rings. The average molecular weight is 178 g/mol. The molecule has 0 aromatic heterocycles. The minimum absolute atomic E-state index is 0.0206. The highest BCUT2D eigenvalue weighted by Crippen LogP contribution is 2.14. The lowest BCUT2D eigenvalue weighted by atomic mass is 10.2. The molecule has 0 rings (SSSR count). The molecule has 0 saturated heterocycles. The Kier molecular flexibility index (Phi) is 5.46. The highest BCUT2D eigenvalue weighted by molar-refractivity contribution is 8.04. The second-order valence-corrected chi connectivity index (χ2v) is 3.15. The number of thioether (sulfide) groups is 1. The van der Waals surface area contributed by atoms with Crippen molar-refractivity contribution in [2.45, 2.75) is 18.6 Å². The number of hydrogen-bond acceptors (Lipinski definition) is 3. The molecule has 0 fully saturated rings. The molecule has 0 aliphatic rings. The third kappa shape index (κ3) is 3.76. The fourth-order valence-electron chi connectivity index (χ4n) is 0.508. The van der Waals surface area contributed by atoms with Gasteiger partial charge in [0.05, 0.1) is 5.25 Å². The maximum atomic E-state index is 10.7. The number of carbonyl (C=O) groups excluding carboxylic acids is 1. The van der Waals surface area contributed by atoms with Crippen LogP contribution in [0.15, 0.2) is 0 Å². The number of rotatable bonds is 4. The van der Waals surface area contributed by atoms with Gasteiger partial charge >= 0.3 is 0 Å². The molecule has 0 amide bonds. The minimum atomic E-state index is -0.234. The van der Waals surface area contributed by atoms with Gasteiger partial charge in [0.1, 0.15) is 11.2 Å². The van der Waals surface area contributed by atoms with Gasteiger partial charge in [0.25, 0.3) is 0 Å². The minimum Gasteiger partial charge on any atom is -0.299 e. The summed E-state index contributed by atoms with van der Waals surface area (Å²) in [5, 5.41) is 9.87. The molecule has 0 heterocycles. The Hall–Kier alpha value is -0.200. The van der Waals surface area contributed by atoms with Gasteiger partial charge in [-0.05, 0) is 25.1 Å². The number of Topliss-reactive ketones (excluding diaryl/α,β-unsaturated/α-hetero) is 1. The maximum Gasteiger partial charge on any atom is 0.143 e. The normalized spacial score (nSPS) is 12.1. The van der Waals surface area contributed by atoms with E-state index in [-0.39, 0.29) is 11.0 Å². The van der Waals surface area contributed by atoms with Crippen LogP contribution in [0.1, 0.15) is 13.3 Å². The number of nitrogens with zero attached hydrogens (tertiary/aromatic N) is 1. The van der Waals surface area contributed by atoms with E-state index in [0.717, 1.165) is 11.8 Å². The molecule has 0 radical (unpaired) electrons. The van der Waals surface area contributed by atoms with Gasteiger partial charge in [0.2, 0.25) is 0 Å². The zero-order chi connectivity index (χ0) is 7.98. The average Bonchev–Trinajstić information content (AvgIpc) is 1.87. The predicted octanol–water partition coefficient (Wildman–Crippen LogP) is 1.79. The Morgan fingerprint density at radius 1 is 1.90 bits per heavy atom. The fourth-order valence-corrected chi connectivity index (χ4v) is 1.38. The molecule has 4 heteroatoms. The lowest BCUT2D eigenvalue weighted by Gasteiger charge is -2.03. The monoisotopic (exact) mass is 177 g/mol. The van der Waals surface area contributed by atoms with E-state index in [4.69, 9.17) is 16.9 Å². The van der Waals surface area contributed by atoms with Crippen molar-refractivity contribution in [2.75, 3.05) is 5.88 Å². The number of ketones is 1. The van der Waals surface area contributed by atoms with Gasteiger partial charge in [-0.1, -0.05) is 0 Å². The number of thiocyanates is 1. The van der Waals surface area contributed by atoms with Crippen molar-refractivity contribution in [3.8, 4) is 5.40 Å². The Balaban J connectivity index is 3.75. The summed E-state index contributed by atoms with van der Waals surface area (Å²) in [5.74, 6) is 0.450. The first-order valence-electron chi connectivity index (χ1n) is 2.83. The predicted molar refractivity (Wildman–Crippen MR) is 43.0 cm³/mol. The smallest absolute Gasteiger partial charge is 0.143 e. The number of carbonyl (C=O) groups is 1. The van der Waals surface area contributed by atoms with Crippen molar-refractivity contribution >= 4 is 29.1 Å². The molecule has 10 heavy (non-hydrogen) atoms. The molecule has 56 valence electrons. The summed E-state index contributed by atoms with van der Waals surface area (Å²) >= 11 is 6.38. The van der Waals surface area contributed by atoms with Crippen LogP contribution in [0.5, 0.6) is 0 Å². The molecule has 2 nitrogen and oxygen atoms in total. The van der Waals surface area contributed by atoms with Gasteiger partial charge in [-0.3, -0.25) is 4.79 Å². The van der Waals surface area contributed by atoms with Crippen molar-refractivity contribution in [1.29, 1.82) is 5.26 Å². The Morgan fingerprint density at radius 3 is 2.80 bits per heavy atom. The Bertz CT molecular complexity index is 154. The molecule has 0 bridgehead atoms. The summed E-state index contributed by atoms with van der Waals surface area (Å²) in [6.07, 6.45) is 0.578. The van der Waals surface area contributed by atoms with Gasteiger partial charge in [0, 0.05) is 5.88 Å². The van der Waals surface area contributed by atoms with Crippen molar-refractivity contribution in [3.63, 3.8) is 0 Å². The highest BCUT2D eigenvalue weighted by atomic mass is 35.5. The molecule has 0 N–H and O–H groups in total. The highest BCUT2D eigenvalue weighted by Gasteiger charge is 2.12. The van der Waals surface area contributed by atoms with Crippen LogP contribution < -0.4 is 0 Å². The molecule has 0 aromatic carbocycles. The van der Waals surface area contributed by atoms with Gasteiger partial charge in [-0.2, -0.15) is 5.26 Å². The van der Waals surface area contributed by atoms with E-state index in [1.807, 2.05) is 5.40 Å². The first kappa shape index (κ1) is 9.80. The lowest BCUT2D eigenvalue weighted by molar-refractivity contribution is -0.116. The molecular weight excluding hydrogens is 170 g/mol. The zero-order valence-electron chi connectivity index (χ0n) is 5.63. The maximum absolute atomic E-state index is 10.7. The number of halogens is 1. The van der Waals surface area contributed by atoms with E-state index in [1.54, 1.807) is 0 Å². The van der Waals surface area contributed by atoms with Crippen LogP contribution >= 0.6 is 23.4 Å². The molecule has 0 aliphatic heterocycles. The van der Waals surface area contributed by atoms with Crippen LogP contribution in [0.4, 0.5) is 0 Å². The van der Waals surface area contributed by atoms with Crippen LogP contribution in [0.3, 0.4) is 0 Å². The van der Waals surface area contributed by atoms with Gasteiger partial charge in [-0.25, -0.2) is 0 Å². The summed E-state index contributed by atoms with van der Waals surface area (Å²) in [4.78, 5) is 10.7. The first-order chi connectivity index (χ1) is 4.72. The third-order valence-electron chi connectivity index (χ3n) is 1.02. The van der Waals surface area contributed by atoms with Crippen molar-refractivity contribution < 1.29 is 4.79 Å². The second-order valence-electron chi connectivity index (χ2n) is 1.79. The largest absolute Gasteiger partial charge is 0.299 e.